The van der Waals surface area contributed by atoms with Gasteiger partial charge in [0.15, 0.2) is 5.82 Å². The van der Waals surface area contributed by atoms with Crippen LogP contribution >= 0.6 is 11.8 Å². The molecule has 1 aromatic carbocycles. The second-order valence-corrected chi connectivity index (χ2v) is 6.49. The van der Waals surface area contributed by atoms with Gasteiger partial charge in [-0.3, -0.25) is 0 Å². The Labute approximate surface area is 131 Å². The van der Waals surface area contributed by atoms with Gasteiger partial charge < -0.3 is 5.73 Å². The van der Waals surface area contributed by atoms with Crippen molar-refractivity contribution in [3.05, 3.63) is 41.7 Å². The molecule has 2 aromatic rings. The van der Waals surface area contributed by atoms with Crippen LogP contribution in [0.4, 0.5) is 0 Å². The van der Waals surface area contributed by atoms with Crippen LogP contribution in [-0.4, -0.2) is 21.8 Å². The molecule has 2 rings (SSSR count). The van der Waals surface area contributed by atoms with E-state index in [0.717, 1.165) is 41.4 Å². The van der Waals surface area contributed by atoms with Crippen LogP contribution in [0.2, 0.25) is 0 Å². The van der Waals surface area contributed by atoms with E-state index in [1.165, 1.54) is 4.90 Å². The van der Waals surface area contributed by atoms with Crippen molar-refractivity contribution in [2.45, 2.75) is 44.6 Å². The maximum Gasteiger partial charge on any atom is 0.159 e. The fourth-order valence-electron chi connectivity index (χ4n) is 2.15. The zero-order valence-corrected chi connectivity index (χ0v) is 13.8. The Balaban J connectivity index is 2.26. The average molecular weight is 301 g/mol. The van der Waals surface area contributed by atoms with Crippen LogP contribution in [0.15, 0.2) is 35.2 Å². The monoisotopic (exact) mass is 301 g/mol. The van der Waals surface area contributed by atoms with Crippen molar-refractivity contribution in [3.8, 4) is 11.4 Å². The van der Waals surface area contributed by atoms with E-state index in [1.54, 1.807) is 0 Å². The quantitative estimate of drug-likeness (QED) is 0.824. The predicted molar refractivity (Wildman–Crippen MR) is 90.6 cm³/mol. The molecule has 0 aliphatic carbocycles. The molecule has 1 aromatic heterocycles. The maximum atomic E-state index is 6.03. The van der Waals surface area contributed by atoms with Crippen molar-refractivity contribution in [2.75, 3.05) is 5.75 Å². The highest BCUT2D eigenvalue weighted by molar-refractivity contribution is 7.99. The summed E-state index contributed by atoms with van der Waals surface area (Å²) in [5.41, 5.74) is 9.11. The van der Waals surface area contributed by atoms with E-state index in [9.17, 15) is 0 Å². The molecule has 0 aliphatic rings. The topological polar surface area (TPSA) is 51.8 Å². The lowest BCUT2D eigenvalue weighted by Crippen LogP contribution is -2.22. The number of nitrogens with two attached hydrogens (primary N) is 1. The van der Waals surface area contributed by atoms with Gasteiger partial charge in [-0.1, -0.05) is 26.0 Å². The third-order valence-corrected chi connectivity index (χ3v) is 4.22. The number of nitrogens with zero attached hydrogens (tertiary/aromatic N) is 2. The highest BCUT2D eigenvalue weighted by Gasteiger charge is 2.08. The summed E-state index contributed by atoms with van der Waals surface area (Å²) in [6.07, 6.45) is 1.76. The first-order valence-corrected chi connectivity index (χ1v) is 8.44. The minimum atomic E-state index is 0.162. The number of thioether (sulfide) groups is 1. The average Bonchev–Trinajstić information content (AvgIpc) is 2.47. The first kappa shape index (κ1) is 16.0. The highest BCUT2D eigenvalue weighted by Crippen LogP contribution is 2.22. The van der Waals surface area contributed by atoms with Gasteiger partial charge in [-0.05, 0) is 37.3 Å². The van der Waals surface area contributed by atoms with Crippen LogP contribution < -0.4 is 5.73 Å². The lowest BCUT2D eigenvalue weighted by Gasteiger charge is -2.10. The van der Waals surface area contributed by atoms with Crippen molar-refractivity contribution in [1.82, 2.24) is 9.97 Å². The van der Waals surface area contributed by atoms with E-state index in [4.69, 9.17) is 5.73 Å². The fraction of sp³-hybridized carbons (Fsp3) is 0.412. The van der Waals surface area contributed by atoms with Gasteiger partial charge in [-0.25, -0.2) is 9.97 Å². The van der Waals surface area contributed by atoms with E-state index >= 15 is 0 Å². The zero-order valence-electron chi connectivity index (χ0n) is 13.0. The smallest absolute Gasteiger partial charge is 0.159 e. The molecule has 1 atom stereocenters. The number of hydrogen-bond acceptors (Lipinski definition) is 4. The summed E-state index contributed by atoms with van der Waals surface area (Å²) in [7, 11) is 0. The maximum absolute atomic E-state index is 6.03. The molecule has 112 valence electrons. The van der Waals surface area contributed by atoms with Crippen LogP contribution in [0.5, 0.6) is 0 Å². The van der Waals surface area contributed by atoms with Gasteiger partial charge in [0.1, 0.15) is 0 Å². The Bertz CT molecular complexity index is 581. The lowest BCUT2D eigenvalue weighted by molar-refractivity contribution is 0.635. The third kappa shape index (κ3) is 4.55. The molecule has 0 saturated heterocycles. The summed E-state index contributed by atoms with van der Waals surface area (Å²) in [6, 6.07) is 10.6. The van der Waals surface area contributed by atoms with Gasteiger partial charge in [0, 0.05) is 34.3 Å². The van der Waals surface area contributed by atoms with E-state index in [0.29, 0.717) is 0 Å². The summed E-state index contributed by atoms with van der Waals surface area (Å²) < 4.78 is 0. The minimum absolute atomic E-state index is 0.162. The van der Waals surface area contributed by atoms with Crippen molar-refractivity contribution in [3.63, 3.8) is 0 Å². The molecule has 1 heterocycles. The second kappa shape index (κ2) is 7.57. The summed E-state index contributed by atoms with van der Waals surface area (Å²) in [6.45, 7) is 6.27. The molecule has 4 heteroatoms. The number of aryl methyl sites for hydroxylation is 1. The third-order valence-electron chi connectivity index (χ3n) is 3.33. The van der Waals surface area contributed by atoms with E-state index in [1.807, 2.05) is 24.8 Å². The molecule has 0 fully saturated rings. The predicted octanol–water partition coefficient (Wildman–Crippen LogP) is 3.84. The molecule has 3 nitrogen and oxygen atoms in total. The Morgan fingerprint density at radius 3 is 2.48 bits per heavy atom. The van der Waals surface area contributed by atoms with Crippen LogP contribution in [0.25, 0.3) is 11.4 Å². The van der Waals surface area contributed by atoms with Crippen LogP contribution in [0.1, 0.15) is 31.7 Å². The van der Waals surface area contributed by atoms with Gasteiger partial charge in [0.2, 0.25) is 0 Å². The zero-order chi connectivity index (χ0) is 15.2. The molecule has 0 radical (unpaired) electrons. The first-order chi connectivity index (χ1) is 10.1. The molecule has 0 spiro atoms. The Kier molecular flexibility index (Phi) is 5.76. The molecular weight excluding hydrogens is 278 g/mol. The second-order valence-electron chi connectivity index (χ2n) is 5.15. The van der Waals surface area contributed by atoms with Crippen molar-refractivity contribution >= 4 is 11.8 Å². The normalized spacial score (nSPS) is 12.4. The molecular formula is C17H23N3S. The van der Waals surface area contributed by atoms with Crippen molar-refractivity contribution in [1.29, 1.82) is 0 Å². The minimum Gasteiger partial charge on any atom is -0.327 e. The lowest BCUT2D eigenvalue weighted by atomic mass is 10.1. The number of aromatic nitrogens is 2. The largest absolute Gasteiger partial charge is 0.327 e. The molecule has 0 bridgehead atoms. The van der Waals surface area contributed by atoms with E-state index < -0.39 is 0 Å². The molecule has 0 amide bonds. The van der Waals surface area contributed by atoms with E-state index in [-0.39, 0.29) is 6.04 Å². The Morgan fingerprint density at radius 1 is 1.14 bits per heavy atom. The van der Waals surface area contributed by atoms with Gasteiger partial charge in [0.05, 0.1) is 0 Å². The SMILES string of the molecule is CCSc1ccc(-c2nc(C)cc(CC(N)CC)n2)cc1. The van der Waals surface area contributed by atoms with Gasteiger partial charge in [-0.2, -0.15) is 0 Å². The van der Waals surface area contributed by atoms with E-state index in [2.05, 4.69) is 48.1 Å². The van der Waals surface area contributed by atoms with Crippen LogP contribution in [-0.2, 0) is 6.42 Å². The summed E-state index contributed by atoms with van der Waals surface area (Å²) >= 11 is 1.84. The summed E-state index contributed by atoms with van der Waals surface area (Å²) in [5, 5.41) is 0. The Morgan fingerprint density at radius 2 is 1.86 bits per heavy atom. The first-order valence-electron chi connectivity index (χ1n) is 7.45. The standard InChI is InChI=1S/C17H23N3S/c1-4-14(18)11-15-10-12(3)19-17(20-15)13-6-8-16(9-7-13)21-5-2/h6-10,14H,4-5,11,18H2,1-3H3. The van der Waals surface area contributed by atoms with Gasteiger partial charge in [-0.15, -0.1) is 11.8 Å². The molecule has 0 saturated carbocycles. The molecule has 0 aliphatic heterocycles. The molecule has 1 unspecified atom stereocenters. The fourth-order valence-corrected chi connectivity index (χ4v) is 2.81. The number of rotatable bonds is 6. The summed E-state index contributed by atoms with van der Waals surface area (Å²) in [5.74, 6) is 1.88. The number of benzene rings is 1. The molecule has 2 N–H and O–H groups in total. The van der Waals surface area contributed by atoms with Crippen molar-refractivity contribution < 1.29 is 0 Å². The Hall–Kier alpha value is -1.39. The van der Waals surface area contributed by atoms with Crippen LogP contribution in [0.3, 0.4) is 0 Å². The van der Waals surface area contributed by atoms with Gasteiger partial charge in [0.25, 0.3) is 0 Å². The number of hydrogen-bond donors (Lipinski definition) is 1. The highest BCUT2D eigenvalue weighted by atomic mass is 32.2. The van der Waals surface area contributed by atoms with Gasteiger partial charge >= 0.3 is 0 Å². The molecule has 21 heavy (non-hydrogen) atoms. The van der Waals surface area contributed by atoms with Crippen molar-refractivity contribution in [2.24, 2.45) is 5.73 Å². The van der Waals surface area contributed by atoms with Crippen LogP contribution in [0, 0.1) is 6.92 Å². The summed E-state index contributed by atoms with van der Waals surface area (Å²) in [4.78, 5) is 10.5.